The molecule has 3 N–H and O–H groups in total. The maximum absolute atomic E-state index is 12.3. The zero-order valence-corrected chi connectivity index (χ0v) is 17.6. The number of hydrogen-bond acceptors (Lipinski definition) is 3. The van der Waals surface area contributed by atoms with E-state index in [0.717, 1.165) is 0 Å². The van der Waals surface area contributed by atoms with Crippen LogP contribution in [0.1, 0.15) is 110 Å². The molecule has 0 aromatic heterocycles. The van der Waals surface area contributed by atoms with Crippen molar-refractivity contribution < 1.29 is 29.7 Å². The first-order chi connectivity index (χ1) is 11.8. The van der Waals surface area contributed by atoms with E-state index in [1.807, 2.05) is 0 Å². The van der Waals surface area contributed by atoms with Gasteiger partial charge in [0.25, 0.3) is 0 Å². The molecule has 0 aliphatic heterocycles. The van der Waals surface area contributed by atoms with Gasteiger partial charge in [0.2, 0.25) is 0 Å². The molecular formula is C21H30O6. The summed E-state index contributed by atoms with van der Waals surface area (Å²) in [5.41, 5.74) is -2.67. The number of hydrogen-bond donors (Lipinski definition) is 3. The van der Waals surface area contributed by atoms with Crippen LogP contribution in [0.15, 0.2) is 0 Å². The molecule has 0 unspecified atom stereocenters. The first kappa shape index (κ1) is 22.7. The Labute approximate surface area is 160 Å². The summed E-state index contributed by atoms with van der Waals surface area (Å²) in [6.45, 7) is 15.6. The molecule has 0 bridgehead atoms. The number of rotatable bonds is 3. The predicted molar refractivity (Wildman–Crippen MR) is 103 cm³/mol. The number of benzene rings is 1. The van der Waals surface area contributed by atoms with Gasteiger partial charge in [-0.1, -0.05) is 62.3 Å². The van der Waals surface area contributed by atoms with Crippen LogP contribution < -0.4 is 0 Å². The smallest absolute Gasteiger partial charge is 0.336 e. The van der Waals surface area contributed by atoms with Crippen molar-refractivity contribution in [1.29, 1.82) is 0 Å². The normalized spacial score (nSPS) is 12.8. The Kier molecular flexibility index (Phi) is 5.59. The molecule has 0 radical (unpaired) electrons. The average Bonchev–Trinajstić information content (AvgIpc) is 2.40. The molecule has 0 fully saturated rings. The van der Waals surface area contributed by atoms with E-state index in [-0.39, 0.29) is 33.4 Å². The summed E-state index contributed by atoms with van der Waals surface area (Å²) >= 11 is 0. The van der Waals surface area contributed by atoms with E-state index >= 15 is 0 Å². The Morgan fingerprint density at radius 1 is 0.481 bits per heavy atom. The summed E-state index contributed by atoms with van der Waals surface area (Å²) in [6.07, 6.45) is 0. The maximum Gasteiger partial charge on any atom is 0.336 e. The van der Waals surface area contributed by atoms with Gasteiger partial charge in [-0.2, -0.15) is 0 Å². The lowest BCUT2D eigenvalue weighted by Gasteiger charge is -2.36. The Balaban J connectivity index is 4.67. The molecule has 1 aromatic carbocycles. The van der Waals surface area contributed by atoms with Crippen molar-refractivity contribution in [3.8, 4) is 0 Å². The van der Waals surface area contributed by atoms with E-state index in [2.05, 4.69) is 0 Å². The second-order valence-corrected chi connectivity index (χ2v) is 9.92. The largest absolute Gasteiger partial charge is 0.478 e. The molecule has 6 nitrogen and oxygen atoms in total. The van der Waals surface area contributed by atoms with Gasteiger partial charge < -0.3 is 15.3 Å². The van der Waals surface area contributed by atoms with Crippen LogP contribution in [0.3, 0.4) is 0 Å². The van der Waals surface area contributed by atoms with Gasteiger partial charge in [-0.3, -0.25) is 0 Å². The fourth-order valence-electron chi connectivity index (χ4n) is 3.64. The molecule has 0 saturated carbocycles. The second kappa shape index (κ2) is 6.66. The number of aromatic carboxylic acids is 3. The molecule has 0 amide bonds. The maximum atomic E-state index is 12.3. The minimum atomic E-state index is -1.32. The molecule has 150 valence electrons. The lowest BCUT2D eigenvalue weighted by Crippen LogP contribution is -2.34. The first-order valence-electron chi connectivity index (χ1n) is 8.78. The average molecular weight is 378 g/mol. The van der Waals surface area contributed by atoms with Crippen LogP contribution >= 0.6 is 0 Å². The van der Waals surface area contributed by atoms with Crippen molar-refractivity contribution in [2.75, 3.05) is 0 Å². The Bertz CT molecular complexity index is 680. The van der Waals surface area contributed by atoms with Gasteiger partial charge in [0.1, 0.15) is 0 Å². The molecule has 0 aliphatic carbocycles. The summed E-state index contributed by atoms with van der Waals surface area (Å²) in [6, 6.07) is 0. The number of carbonyl (C=O) groups is 3. The standard InChI is InChI=1S/C21H30O6/c1-19(2,3)13-10(16(22)23)14(20(4,5)6)12(18(26)27)15(21(7,8)9)11(13)17(24)25/h1-9H3,(H,22,23)(H,24,25)(H,26,27). The highest BCUT2D eigenvalue weighted by Gasteiger charge is 2.42. The van der Waals surface area contributed by atoms with Crippen molar-refractivity contribution in [1.82, 2.24) is 0 Å². The van der Waals surface area contributed by atoms with Crippen molar-refractivity contribution >= 4 is 17.9 Å². The Morgan fingerprint density at radius 2 is 0.630 bits per heavy atom. The third-order valence-electron chi connectivity index (χ3n) is 4.39. The summed E-state index contributed by atoms with van der Waals surface area (Å²) in [4.78, 5) is 36.8. The van der Waals surface area contributed by atoms with Gasteiger partial charge in [-0.15, -0.1) is 0 Å². The summed E-state index contributed by atoms with van der Waals surface area (Å²) in [5.74, 6) is -3.97. The second-order valence-electron chi connectivity index (χ2n) is 9.92. The molecule has 1 rings (SSSR count). The lowest BCUT2D eigenvalue weighted by molar-refractivity contribution is 0.0685. The summed E-state index contributed by atoms with van der Waals surface area (Å²) in [7, 11) is 0. The summed E-state index contributed by atoms with van der Waals surface area (Å²) in [5, 5.41) is 30.0. The van der Waals surface area contributed by atoms with Crippen molar-refractivity contribution in [2.24, 2.45) is 0 Å². The fraction of sp³-hybridized carbons (Fsp3) is 0.571. The monoisotopic (exact) mass is 378 g/mol. The minimum Gasteiger partial charge on any atom is -0.478 e. The van der Waals surface area contributed by atoms with Gasteiger partial charge >= 0.3 is 17.9 Å². The highest BCUT2D eigenvalue weighted by atomic mass is 16.4. The minimum absolute atomic E-state index is 0.155. The highest BCUT2D eigenvalue weighted by molar-refractivity contribution is 6.06. The molecule has 0 aliphatic rings. The van der Waals surface area contributed by atoms with Crippen LogP contribution in [-0.4, -0.2) is 33.2 Å². The highest BCUT2D eigenvalue weighted by Crippen LogP contribution is 2.44. The van der Waals surface area contributed by atoms with E-state index in [1.54, 1.807) is 62.3 Å². The summed E-state index contributed by atoms with van der Waals surface area (Å²) < 4.78 is 0. The predicted octanol–water partition coefficient (Wildman–Crippen LogP) is 4.67. The van der Waals surface area contributed by atoms with E-state index in [1.165, 1.54) is 0 Å². The van der Waals surface area contributed by atoms with E-state index in [9.17, 15) is 29.7 Å². The topological polar surface area (TPSA) is 112 Å². The number of carboxylic acids is 3. The van der Waals surface area contributed by atoms with Gasteiger partial charge in [0, 0.05) is 0 Å². The van der Waals surface area contributed by atoms with Crippen LogP contribution in [0, 0.1) is 0 Å². The first-order valence-corrected chi connectivity index (χ1v) is 8.78. The van der Waals surface area contributed by atoms with Gasteiger partial charge in [-0.05, 0) is 32.9 Å². The molecular weight excluding hydrogens is 348 g/mol. The molecule has 0 heterocycles. The Hall–Kier alpha value is -2.37. The fourth-order valence-corrected chi connectivity index (χ4v) is 3.64. The van der Waals surface area contributed by atoms with E-state index < -0.39 is 34.2 Å². The third kappa shape index (κ3) is 4.15. The Morgan fingerprint density at radius 3 is 0.704 bits per heavy atom. The molecule has 0 saturated heterocycles. The van der Waals surface area contributed by atoms with Crippen LogP contribution in [0.5, 0.6) is 0 Å². The van der Waals surface area contributed by atoms with E-state index in [0.29, 0.717) is 0 Å². The lowest BCUT2D eigenvalue weighted by atomic mass is 9.66. The SMILES string of the molecule is CC(C)(C)c1c(C(=O)O)c(C(C)(C)C)c(C(=O)O)c(C(C)(C)C)c1C(=O)O. The van der Waals surface area contributed by atoms with Gasteiger partial charge in [-0.25, -0.2) is 14.4 Å². The quantitative estimate of drug-likeness (QED) is 0.704. The molecule has 6 heteroatoms. The van der Waals surface area contributed by atoms with Crippen LogP contribution in [0.4, 0.5) is 0 Å². The van der Waals surface area contributed by atoms with Crippen LogP contribution in [-0.2, 0) is 16.2 Å². The van der Waals surface area contributed by atoms with Crippen LogP contribution in [0.2, 0.25) is 0 Å². The van der Waals surface area contributed by atoms with E-state index in [4.69, 9.17) is 0 Å². The molecule has 27 heavy (non-hydrogen) atoms. The van der Waals surface area contributed by atoms with Gasteiger partial charge in [0.05, 0.1) is 16.7 Å². The molecule has 0 atom stereocenters. The number of carboxylic acid groups (broad SMARTS) is 3. The van der Waals surface area contributed by atoms with Crippen molar-refractivity contribution in [3.63, 3.8) is 0 Å². The molecule has 0 spiro atoms. The van der Waals surface area contributed by atoms with Crippen molar-refractivity contribution in [2.45, 2.75) is 78.6 Å². The zero-order chi connectivity index (χ0) is 21.7. The van der Waals surface area contributed by atoms with Crippen molar-refractivity contribution in [3.05, 3.63) is 33.4 Å². The zero-order valence-electron chi connectivity index (χ0n) is 17.6. The third-order valence-corrected chi connectivity index (χ3v) is 4.39. The van der Waals surface area contributed by atoms with Gasteiger partial charge in [0.15, 0.2) is 0 Å². The molecule has 1 aromatic rings. The van der Waals surface area contributed by atoms with Crippen LogP contribution in [0.25, 0.3) is 0 Å².